The van der Waals surface area contributed by atoms with Gasteiger partial charge in [0.05, 0.1) is 5.69 Å². The van der Waals surface area contributed by atoms with Crippen LogP contribution in [0.4, 0.5) is 16.3 Å². The van der Waals surface area contributed by atoms with E-state index in [0.717, 1.165) is 19.6 Å². The number of urea groups is 1. The number of nitrogens with zero attached hydrogens (tertiary/aromatic N) is 3. The van der Waals surface area contributed by atoms with Crippen molar-refractivity contribution in [3.63, 3.8) is 0 Å². The zero-order valence-corrected chi connectivity index (χ0v) is 18.9. The van der Waals surface area contributed by atoms with Gasteiger partial charge in [-0.2, -0.15) is 5.26 Å². The number of carbonyl (C=O) groups excluding carboxylic acids is 1. The van der Waals surface area contributed by atoms with Gasteiger partial charge in [0.1, 0.15) is 23.2 Å². The Hall–Kier alpha value is -4.09. The molecule has 1 aliphatic rings. The summed E-state index contributed by atoms with van der Waals surface area (Å²) in [4.78, 5) is 19.1. The summed E-state index contributed by atoms with van der Waals surface area (Å²) in [6, 6.07) is 17.6. The van der Waals surface area contributed by atoms with Gasteiger partial charge in [-0.05, 0) is 61.8 Å². The molecule has 1 fully saturated rings. The van der Waals surface area contributed by atoms with Crippen LogP contribution in [-0.2, 0) is 0 Å². The number of nitrogens with one attached hydrogen (secondary N) is 2. The second-order valence-electron chi connectivity index (χ2n) is 8.31. The Kier molecular flexibility index (Phi) is 7.25. The average molecular weight is 457 g/mol. The van der Waals surface area contributed by atoms with Crippen molar-refractivity contribution in [2.45, 2.75) is 19.3 Å². The number of likely N-dealkylation sites (tertiary alicyclic amines) is 1. The number of pyridine rings is 1. The fourth-order valence-corrected chi connectivity index (χ4v) is 4.19. The zero-order valence-electron chi connectivity index (χ0n) is 18.9. The van der Waals surface area contributed by atoms with E-state index >= 15 is 0 Å². The third-order valence-corrected chi connectivity index (χ3v) is 5.93. The highest BCUT2D eigenvalue weighted by atomic mass is 16.3. The molecule has 0 aliphatic carbocycles. The molecule has 0 radical (unpaired) electrons. The molecule has 0 atom stereocenters. The Labute approximate surface area is 199 Å². The van der Waals surface area contributed by atoms with E-state index in [9.17, 15) is 15.2 Å². The maximum atomic E-state index is 12.4. The number of rotatable bonds is 6. The number of para-hydroxylation sites is 1. The van der Waals surface area contributed by atoms with Crippen molar-refractivity contribution in [2.24, 2.45) is 0 Å². The Bertz CT molecular complexity index is 1210. The van der Waals surface area contributed by atoms with Gasteiger partial charge >= 0.3 is 6.03 Å². The van der Waals surface area contributed by atoms with Gasteiger partial charge in [-0.25, -0.2) is 9.78 Å². The van der Waals surface area contributed by atoms with Crippen LogP contribution >= 0.6 is 0 Å². The van der Waals surface area contributed by atoms with Crippen LogP contribution in [0.1, 0.15) is 24.8 Å². The number of phenols is 1. The molecular formula is C26H28N6O2. The molecule has 1 aromatic heterocycles. The first-order chi connectivity index (χ1) is 16.5. The monoisotopic (exact) mass is 456 g/mol. The summed E-state index contributed by atoms with van der Waals surface area (Å²) >= 11 is 0. The highest BCUT2D eigenvalue weighted by Gasteiger charge is 2.16. The molecule has 2 amide bonds. The van der Waals surface area contributed by atoms with Crippen LogP contribution < -0.4 is 16.4 Å². The van der Waals surface area contributed by atoms with E-state index in [-0.39, 0.29) is 23.2 Å². The summed E-state index contributed by atoms with van der Waals surface area (Å²) in [7, 11) is 0. The SMILES string of the molecule is N#Cc1c(-c2cccc(NC(=O)NCCN3CCCCC3)c2)cc(-c2ccccc2O)nc1N. The maximum absolute atomic E-state index is 12.4. The van der Waals surface area contributed by atoms with Gasteiger partial charge in [-0.1, -0.05) is 30.7 Å². The molecule has 0 saturated carbocycles. The Balaban J connectivity index is 1.52. The number of hydrogen-bond acceptors (Lipinski definition) is 6. The summed E-state index contributed by atoms with van der Waals surface area (Å²) < 4.78 is 0. The summed E-state index contributed by atoms with van der Waals surface area (Å²) in [6.07, 6.45) is 3.72. The molecule has 1 aliphatic heterocycles. The number of nitrogens with two attached hydrogens (primary N) is 1. The number of phenolic OH excluding ortho intramolecular Hbond substituents is 1. The van der Waals surface area contributed by atoms with Crippen molar-refractivity contribution >= 4 is 17.5 Å². The van der Waals surface area contributed by atoms with E-state index in [2.05, 4.69) is 26.6 Å². The number of nitrogen functional groups attached to an aromatic ring is 1. The summed E-state index contributed by atoms with van der Waals surface area (Å²) in [5.41, 5.74) is 9.17. The van der Waals surface area contributed by atoms with Crippen molar-refractivity contribution in [1.82, 2.24) is 15.2 Å². The minimum atomic E-state index is -0.279. The van der Waals surface area contributed by atoms with Gasteiger partial charge in [-0.3, -0.25) is 0 Å². The molecule has 3 aromatic rings. The Morgan fingerprint density at radius 1 is 1.09 bits per heavy atom. The van der Waals surface area contributed by atoms with Crippen molar-refractivity contribution in [3.05, 3.63) is 60.2 Å². The van der Waals surface area contributed by atoms with Crippen LogP contribution in [0.15, 0.2) is 54.6 Å². The predicted octanol–water partition coefficient (Wildman–Crippen LogP) is 4.18. The minimum Gasteiger partial charge on any atom is -0.507 e. The minimum absolute atomic E-state index is 0.0710. The molecule has 0 unspecified atom stereocenters. The first-order valence-corrected chi connectivity index (χ1v) is 11.4. The molecule has 0 bridgehead atoms. The number of nitriles is 1. The second-order valence-corrected chi connectivity index (χ2v) is 8.31. The lowest BCUT2D eigenvalue weighted by Gasteiger charge is -2.26. The molecule has 8 nitrogen and oxygen atoms in total. The lowest BCUT2D eigenvalue weighted by atomic mass is 9.98. The first kappa shape index (κ1) is 23.1. The highest BCUT2D eigenvalue weighted by Crippen LogP contribution is 2.35. The number of benzene rings is 2. The number of piperidine rings is 1. The van der Waals surface area contributed by atoms with Crippen LogP contribution in [0.3, 0.4) is 0 Å². The standard InChI is InChI=1S/C26H28N6O2/c27-17-22-21(16-23(31-25(22)28)20-9-2-3-10-24(20)33)18-7-6-8-19(15-18)30-26(34)29-11-14-32-12-4-1-5-13-32/h2-3,6-10,15-16,33H,1,4-5,11-14H2,(H2,28,31)(H2,29,30,34). The van der Waals surface area contributed by atoms with Crippen LogP contribution in [0.5, 0.6) is 5.75 Å². The van der Waals surface area contributed by atoms with E-state index in [0.29, 0.717) is 34.6 Å². The fraction of sp³-hybridized carbons (Fsp3) is 0.269. The van der Waals surface area contributed by atoms with Crippen LogP contribution in [0, 0.1) is 11.3 Å². The van der Waals surface area contributed by atoms with E-state index in [1.807, 2.05) is 6.07 Å². The largest absolute Gasteiger partial charge is 0.507 e. The third kappa shape index (κ3) is 5.45. The molecule has 5 N–H and O–H groups in total. The summed E-state index contributed by atoms with van der Waals surface area (Å²) in [5, 5.41) is 25.7. The lowest BCUT2D eigenvalue weighted by molar-refractivity contribution is 0.224. The molecule has 4 rings (SSSR count). The number of amides is 2. The quantitative estimate of drug-likeness (QED) is 0.441. The fourth-order valence-electron chi connectivity index (χ4n) is 4.19. The number of aromatic hydroxyl groups is 1. The molecule has 0 spiro atoms. The zero-order chi connectivity index (χ0) is 23.9. The van der Waals surface area contributed by atoms with Crippen molar-refractivity contribution in [2.75, 3.05) is 37.2 Å². The number of hydrogen-bond donors (Lipinski definition) is 4. The van der Waals surface area contributed by atoms with Crippen LogP contribution in [-0.4, -0.2) is 47.2 Å². The molecule has 2 aromatic carbocycles. The maximum Gasteiger partial charge on any atom is 0.319 e. The van der Waals surface area contributed by atoms with Gasteiger partial charge in [0.15, 0.2) is 0 Å². The molecular weight excluding hydrogens is 428 g/mol. The van der Waals surface area contributed by atoms with Gasteiger partial charge in [0.2, 0.25) is 0 Å². The van der Waals surface area contributed by atoms with Gasteiger partial charge in [0.25, 0.3) is 0 Å². The van der Waals surface area contributed by atoms with Crippen molar-refractivity contribution in [1.29, 1.82) is 5.26 Å². The number of carbonyl (C=O) groups is 1. The van der Waals surface area contributed by atoms with Gasteiger partial charge < -0.3 is 26.4 Å². The van der Waals surface area contributed by atoms with Crippen molar-refractivity contribution in [3.8, 4) is 34.2 Å². The number of anilines is 2. The molecule has 1 saturated heterocycles. The van der Waals surface area contributed by atoms with Gasteiger partial charge in [-0.15, -0.1) is 0 Å². The number of aromatic nitrogens is 1. The Morgan fingerprint density at radius 3 is 2.65 bits per heavy atom. The van der Waals surface area contributed by atoms with Crippen LogP contribution in [0.2, 0.25) is 0 Å². The van der Waals surface area contributed by atoms with Gasteiger partial charge in [0, 0.05) is 29.9 Å². The van der Waals surface area contributed by atoms with Crippen LogP contribution in [0.25, 0.3) is 22.4 Å². The smallest absolute Gasteiger partial charge is 0.319 e. The second kappa shape index (κ2) is 10.7. The molecule has 8 heteroatoms. The summed E-state index contributed by atoms with van der Waals surface area (Å²) in [6.45, 7) is 3.59. The average Bonchev–Trinajstić information content (AvgIpc) is 2.84. The molecule has 2 heterocycles. The van der Waals surface area contributed by atoms with E-state index < -0.39 is 0 Å². The lowest BCUT2D eigenvalue weighted by Crippen LogP contribution is -2.39. The van der Waals surface area contributed by atoms with E-state index in [1.54, 1.807) is 48.5 Å². The third-order valence-electron chi connectivity index (χ3n) is 5.93. The Morgan fingerprint density at radius 2 is 1.88 bits per heavy atom. The highest BCUT2D eigenvalue weighted by molar-refractivity contribution is 5.91. The predicted molar refractivity (Wildman–Crippen MR) is 133 cm³/mol. The molecule has 34 heavy (non-hydrogen) atoms. The van der Waals surface area contributed by atoms with E-state index in [1.165, 1.54) is 19.3 Å². The first-order valence-electron chi connectivity index (χ1n) is 11.4. The van der Waals surface area contributed by atoms with Crippen molar-refractivity contribution < 1.29 is 9.90 Å². The normalized spacial score (nSPS) is 13.7. The topological polar surface area (TPSA) is 127 Å². The summed E-state index contributed by atoms with van der Waals surface area (Å²) in [5.74, 6) is 0.147. The molecule has 174 valence electrons. The van der Waals surface area contributed by atoms with E-state index in [4.69, 9.17) is 5.73 Å².